The van der Waals surface area contributed by atoms with E-state index in [1.54, 1.807) is 6.92 Å². The summed E-state index contributed by atoms with van der Waals surface area (Å²) in [5, 5.41) is 4.72. The van der Waals surface area contributed by atoms with Gasteiger partial charge in [0.05, 0.1) is 0 Å². The van der Waals surface area contributed by atoms with E-state index in [4.69, 9.17) is 0 Å². The number of hydrogen-bond donors (Lipinski definition) is 2. The quantitative estimate of drug-likeness (QED) is 0.872. The number of halogens is 3. The Morgan fingerprint density at radius 3 is 2.61 bits per heavy atom. The van der Waals surface area contributed by atoms with E-state index in [9.17, 15) is 18.0 Å². The third-order valence-electron chi connectivity index (χ3n) is 2.02. The van der Waals surface area contributed by atoms with E-state index < -0.39 is 18.6 Å². The van der Waals surface area contributed by atoms with Crippen molar-refractivity contribution in [1.82, 2.24) is 10.3 Å². The van der Waals surface area contributed by atoms with Gasteiger partial charge in [-0.1, -0.05) is 0 Å². The number of alkyl halides is 3. The normalized spacial score (nSPS) is 11.2. The molecule has 1 aromatic heterocycles. The first kappa shape index (κ1) is 14.3. The van der Waals surface area contributed by atoms with Gasteiger partial charge in [-0.05, 0) is 26.0 Å². The van der Waals surface area contributed by atoms with Crippen LogP contribution < -0.4 is 10.6 Å². The molecule has 0 aromatic carbocycles. The molecule has 0 bridgehead atoms. The van der Waals surface area contributed by atoms with Crippen LogP contribution in [0.3, 0.4) is 0 Å². The minimum Gasteiger partial charge on any atom is -0.370 e. The van der Waals surface area contributed by atoms with Gasteiger partial charge in [0.15, 0.2) is 0 Å². The number of amides is 1. The van der Waals surface area contributed by atoms with Crippen molar-refractivity contribution in [2.24, 2.45) is 0 Å². The van der Waals surface area contributed by atoms with Crippen LogP contribution >= 0.6 is 0 Å². The highest BCUT2D eigenvalue weighted by molar-refractivity contribution is 5.95. The molecule has 0 saturated heterocycles. The Morgan fingerprint density at radius 1 is 1.39 bits per heavy atom. The fraction of sp³-hybridized carbons (Fsp3) is 0.455. The van der Waals surface area contributed by atoms with Crippen molar-refractivity contribution in [3.8, 4) is 0 Å². The van der Waals surface area contributed by atoms with E-state index in [0.29, 0.717) is 18.1 Å². The SMILES string of the molecule is CCNc1cc(C(=O)NCC(F)(F)F)cc(C)n1. The minimum absolute atomic E-state index is 0.155. The highest BCUT2D eigenvalue weighted by Crippen LogP contribution is 2.14. The summed E-state index contributed by atoms with van der Waals surface area (Å²) >= 11 is 0. The molecule has 0 radical (unpaired) electrons. The molecule has 0 spiro atoms. The summed E-state index contributed by atoms with van der Waals surface area (Å²) in [4.78, 5) is 15.6. The Kier molecular flexibility index (Phi) is 4.52. The lowest BCUT2D eigenvalue weighted by molar-refractivity contribution is -0.123. The summed E-state index contributed by atoms with van der Waals surface area (Å²) in [7, 11) is 0. The lowest BCUT2D eigenvalue weighted by atomic mass is 10.2. The number of aromatic nitrogens is 1. The number of nitrogens with one attached hydrogen (secondary N) is 2. The second-order valence-electron chi connectivity index (χ2n) is 3.71. The molecular weight excluding hydrogens is 247 g/mol. The van der Waals surface area contributed by atoms with Crippen molar-refractivity contribution in [2.75, 3.05) is 18.4 Å². The third kappa shape index (κ3) is 4.60. The fourth-order valence-corrected chi connectivity index (χ4v) is 1.35. The molecule has 0 aliphatic carbocycles. The fourth-order valence-electron chi connectivity index (χ4n) is 1.35. The molecule has 7 heteroatoms. The first-order valence-electron chi connectivity index (χ1n) is 5.39. The summed E-state index contributed by atoms with van der Waals surface area (Å²) < 4.78 is 35.9. The average Bonchev–Trinajstić information content (AvgIpc) is 2.24. The molecule has 0 fully saturated rings. The second kappa shape index (κ2) is 5.70. The first-order valence-corrected chi connectivity index (χ1v) is 5.39. The summed E-state index contributed by atoms with van der Waals surface area (Å²) in [6.07, 6.45) is -4.41. The van der Waals surface area contributed by atoms with Gasteiger partial charge in [-0.3, -0.25) is 4.79 Å². The van der Waals surface area contributed by atoms with E-state index in [2.05, 4.69) is 10.3 Å². The van der Waals surface area contributed by atoms with Crippen LogP contribution in [0.2, 0.25) is 0 Å². The maximum atomic E-state index is 12.0. The summed E-state index contributed by atoms with van der Waals surface area (Å²) in [6, 6.07) is 2.86. The number of aryl methyl sites for hydroxylation is 1. The maximum absolute atomic E-state index is 12.0. The van der Waals surface area contributed by atoms with E-state index in [1.807, 2.05) is 12.2 Å². The molecule has 0 atom stereocenters. The van der Waals surface area contributed by atoms with Gasteiger partial charge in [-0.15, -0.1) is 0 Å². The van der Waals surface area contributed by atoms with Crippen molar-refractivity contribution in [2.45, 2.75) is 20.0 Å². The number of nitrogens with zero attached hydrogens (tertiary/aromatic N) is 1. The molecule has 0 aliphatic heterocycles. The molecular formula is C11H14F3N3O. The van der Waals surface area contributed by atoms with E-state index in [-0.39, 0.29) is 5.56 Å². The van der Waals surface area contributed by atoms with Gasteiger partial charge in [-0.2, -0.15) is 13.2 Å². The Morgan fingerprint density at radius 2 is 2.06 bits per heavy atom. The number of anilines is 1. The molecule has 0 aliphatic rings. The van der Waals surface area contributed by atoms with E-state index in [1.165, 1.54) is 12.1 Å². The van der Waals surface area contributed by atoms with Gasteiger partial charge in [0.2, 0.25) is 0 Å². The van der Waals surface area contributed by atoms with Crippen LogP contribution in [0, 0.1) is 6.92 Å². The van der Waals surface area contributed by atoms with Crippen LogP contribution in [0.5, 0.6) is 0 Å². The van der Waals surface area contributed by atoms with Crippen LogP contribution in [0.15, 0.2) is 12.1 Å². The highest BCUT2D eigenvalue weighted by atomic mass is 19.4. The predicted molar refractivity (Wildman–Crippen MR) is 61.5 cm³/mol. The number of rotatable bonds is 4. The number of carbonyl (C=O) groups excluding carboxylic acids is 1. The topological polar surface area (TPSA) is 54.0 Å². The summed E-state index contributed by atoms with van der Waals surface area (Å²) in [6.45, 7) is 2.79. The smallest absolute Gasteiger partial charge is 0.370 e. The molecule has 4 nitrogen and oxygen atoms in total. The molecule has 0 saturated carbocycles. The Bertz CT molecular complexity index is 432. The van der Waals surface area contributed by atoms with Crippen molar-refractivity contribution < 1.29 is 18.0 Å². The molecule has 1 amide bonds. The Labute approximate surface area is 103 Å². The number of hydrogen-bond acceptors (Lipinski definition) is 3. The van der Waals surface area contributed by atoms with Gasteiger partial charge >= 0.3 is 6.18 Å². The van der Waals surface area contributed by atoms with Crippen molar-refractivity contribution >= 4 is 11.7 Å². The van der Waals surface area contributed by atoms with E-state index in [0.717, 1.165) is 0 Å². The standard InChI is InChI=1S/C11H14F3N3O/c1-3-15-9-5-8(4-7(2)17-9)10(18)16-6-11(12,13)14/h4-5H,3,6H2,1-2H3,(H,15,17)(H,16,18). The van der Waals surface area contributed by atoms with Crippen LogP contribution in [0.4, 0.5) is 19.0 Å². The van der Waals surface area contributed by atoms with Gasteiger partial charge in [0, 0.05) is 17.8 Å². The second-order valence-corrected chi connectivity index (χ2v) is 3.71. The molecule has 2 N–H and O–H groups in total. The van der Waals surface area contributed by atoms with Crippen molar-refractivity contribution in [3.05, 3.63) is 23.4 Å². The van der Waals surface area contributed by atoms with Gasteiger partial charge in [-0.25, -0.2) is 4.98 Å². The summed E-state index contributed by atoms with van der Waals surface area (Å²) in [5.41, 5.74) is 0.716. The van der Waals surface area contributed by atoms with Crippen LogP contribution in [-0.2, 0) is 0 Å². The average molecular weight is 261 g/mol. The zero-order chi connectivity index (χ0) is 13.8. The van der Waals surface area contributed by atoms with Crippen LogP contribution in [-0.4, -0.2) is 30.2 Å². The highest BCUT2D eigenvalue weighted by Gasteiger charge is 2.28. The number of pyridine rings is 1. The molecule has 100 valence electrons. The maximum Gasteiger partial charge on any atom is 0.405 e. The summed E-state index contributed by atoms with van der Waals surface area (Å²) in [5.74, 6) is -0.299. The van der Waals surface area contributed by atoms with Gasteiger partial charge in [0.25, 0.3) is 5.91 Å². The van der Waals surface area contributed by atoms with Crippen molar-refractivity contribution in [3.63, 3.8) is 0 Å². The van der Waals surface area contributed by atoms with E-state index >= 15 is 0 Å². The molecule has 0 unspecified atom stereocenters. The zero-order valence-corrected chi connectivity index (χ0v) is 10.1. The largest absolute Gasteiger partial charge is 0.405 e. The zero-order valence-electron chi connectivity index (χ0n) is 10.1. The monoisotopic (exact) mass is 261 g/mol. The van der Waals surface area contributed by atoms with Crippen LogP contribution in [0.25, 0.3) is 0 Å². The lowest BCUT2D eigenvalue weighted by Crippen LogP contribution is -2.33. The van der Waals surface area contributed by atoms with Crippen LogP contribution in [0.1, 0.15) is 23.0 Å². The Hall–Kier alpha value is -1.79. The predicted octanol–water partition coefficient (Wildman–Crippen LogP) is 2.11. The molecule has 1 heterocycles. The molecule has 18 heavy (non-hydrogen) atoms. The number of carbonyl (C=O) groups is 1. The lowest BCUT2D eigenvalue weighted by Gasteiger charge is -2.10. The molecule has 1 aromatic rings. The van der Waals surface area contributed by atoms with Gasteiger partial charge in [0.1, 0.15) is 12.4 Å². The first-order chi connectivity index (χ1) is 8.31. The molecule has 1 rings (SSSR count). The third-order valence-corrected chi connectivity index (χ3v) is 2.02. The van der Waals surface area contributed by atoms with Gasteiger partial charge < -0.3 is 10.6 Å². The van der Waals surface area contributed by atoms with Crippen molar-refractivity contribution in [1.29, 1.82) is 0 Å². The minimum atomic E-state index is -4.41. The Balaban J connectivity index is 2.79.